The first-order valence-electron chi connectivity index (χ1n) is 8.13. The number of nitrogens with zero attached hydrogens (tertiary/aromatic N) is 1. The second-order valence-corrected chi connectivity index (χ2v) is 6.16. The molecule has 0 saturated carbocycles. The molecule has 112 valence electrons. The first kappa shape index (κ1) is 16.5. The van der Waals surface area contributed by atoms with Crippen LogP contribution in [-0.4, -0.2) is 29.1 Å². The third-order valence-corrected chi connectivity index (χ3v) is 4.34. The predicted molar refractivity (Wildman–Crippen MR) is 80.9 cm³/mol. The summed E-state index contributed by atoms with van der Waals surface area (Å²) in [6.45, 7) is 11.1. The molecule has 0 aromatic rings. The second-order valence-electron chi connectivity index (χ2n) is 6.16. The van der Waals surface area contributed by atoms with E-state index in [0.717, 1.165) is 32.1 Å². The number of carbonyl (C=O) groups is 1. The van der Waals surface area contributed by atoms with Crippen molar-refractivity contribution < 1.29 is 4.79 Å². The molecule has 4 atom stereocenters. The van der Waals surface area contributed by atoms with E-state index in [1.54, 1.807) is 0 Å². The van der Waals surface area contributed by atoms with E-state index in [9.17, 15) is 4.79 Å². The van der Waals surface area contributed by atoms with E-state index >= 15 is 0 Å². The fraction of sp³-hybridized carbons (Fsp3) is 0.938. The lowest BCUT2D eigenvalue weighted by molar-refractivity contribution is -0.132. The van der Waals surface area contributed by atoms with E-state index in [1.165, 1.54) is 6.42 Å². The maximum Gasteiger partial charge on any atom is 0.241 e. The molecule has 0 aliphatic carbocycles. The monoisotopic (exact) mass is 268 g/mol. The summed E-state index contributed by atoms with van der Waals surface area (Å²) in [5.74, 6) is 1.02. The van der Waals surface area contributed by atoms with Gasteiger partial charge in [-0.1, -0.05) is 47.0 Å². The molecular weight excluding hydrogens is 236 g/mol. The maximum atomic E-state index is 12.6. The third-order valence-electron chi connectivity index (χ3n) is 4.34. The summed E-state index contributed by atoms with van der Waals surface area (Å²) < 4.78 is 0. The second kappa shape index (κ2) is 7.88. The van der Waals surface area contributed by atoms with Crippen LogP contribution in [0.15, 0.2) is 0 Å². The molecule has 1 saturated heterocycles. The Labute approximate surface area is 119 Å². The van der Waals surface area contributed by atoms with Gasteiger partial charge in [0, 0.05) is 6.04 Å². The minimum Gasteiger partial charge on any atom is -0.323 e. The quantitative estimate of drug-likeness (QED) is 0.730. The van der Waals surface area contributed by atoms with Crippen molar-refractivity contribution in [2.45, 2.75) is 91.4 Å². The summed E-state index contributed by atoms with van der Waals surface area (Å²) >= 11 is 0. The van der Waals surface area contributed by atoms with Gasteiger partial charge in [0.1, 0.15) is 0 Å². The van der Waals surface area contributed by atoms with Gasteiger partial charge in [-0.2, -0.15) is 0 Å². The number of hydrogen-bond donors (Lipinski definition) is 1. The first-order chi connectivity index (χ1) is 9.04. The number of nitrogens with one attached hydrogen (secondary N) is 1. The summed E-state index contributed by atoms with van der Waals surface area (Å²) in [5, 5.41) is 3.54. The van der Waals surface area contributed by atoms with E-state index < -0.39 is 0 Å². The van der Waals surface area contributed by atoms with Crippen molar-refractivity contribution in [3.8, 4) is 0 Å². The lowest BCUT2D eigenvalue weighted by Crippen LogP contribution is -2.43. The summed E-state index contributed by atoms with van der Waals surface area (Å²) in [6, 6.07) is 0.411. The number of carbonyl (C=O) groups excluding carboxylic acids is 1. The van der Waals surface area contributed by atoms with Crippen LogP contribution in [0.5, 0.6) is 0 Å². The smallest absolute Gasteiger partial charge is 0.241 e. The zero-order valence-electron chi connectivity index (χ0n) is 13.4. The molecule has 0 aromatic heterocycles. The van der Waals surface area contributed by atoms with Gasteiger partial charge >= 0.3 is 0 Å². The first-order valence-corrected chi connectivity index (χ1v) is 8.13. The van der Waals surface area contributed by atoms with Crippen LogP contribution < -0.4 is 5.32 Å². The summed E-state index contributed by atoms with van der Waals surface area (Å²) in [7, 11) is 0. The van der Waals surface area contributed by atoms with E-state index in [1.807, 2.05) is 0 Å². The molecule has 1 amide bonds. The zero-order valence-corrected chi connectivity index (χ0v) is 13.4. The fourth-order valence-electron chi connectivity index (χ4n) is 3.10. The SMILES string of the molecule is CCCC1NC(CCC)N(C(C)CC(C)CC)C1=O. The van der Waals surface area contributed by atoms with Crippen LogP contribution in [0.25, 0.3) is 0 Å². The molecule has 1 N–H and O–H groups in total. The highest BCUT2D eigenvalue weighted by molar-refractivity contribution is 5.84. The summed E-state index contributed by atoms with van der Waals surface area (Å²) in [5.41, 5.74) is 0. The Hall–Kier alpha value is -0.570. The van der Waals surface area contributed by atoms with Gasteiger partial charge in [-0.25, -0.2) is 0 Å². The van der Waals surface area contributed by atoms with Gasteiger partial charge in [0.05, 0.1) is 12.2 Å². The molecule has 19 heavy (non-hydrogen) atoms. The topological polar surface area (TPSA) is 32.3 Å². The van der Waals surface area contributed by atoms with Gasteiger partial charge in [-0.05, 0) is 32.1 Å². The Balaban J connectivity index is 2.72. The van der Waals surface area contributed by atoms with Crippen molar-refractivity contribution in [2.24, 2.45) is 5.92 Å². The molecule has 1 aliphatic heterocycles. The number of amides is 1. The Kier molecular flexibility index (Phi) is 6.84. The molecule has 0 aromatic carbocycles. The average molecular weight is 268 g/mol. The lowest BCUT2D eigenvalue weighted by atomic mass is 9.98. The Morgan fingerprint density at radius 3 is 2.32 bits per heavy atom. The Morgan fingerprint density at radius 2 is 1.79 bits per heavy atom. The zero-order chi connectivity index (χ0) is 14.4. The lowest BCUT2D eigenvalue weighted by Gasteiger charge is -2.31. The van der Waals surface area contributed by atoms with Crippen LogP contribution in [-0.2, 0) is 4.79 Å². The minimum absolute atomic E-state index is 0.0564. The highest BCUT2D eigenvalue weighted by Gasteiger charge is 2.40. The Bertz CT molecular complexity index is 280. The number of hydrogen-bond acceptors (Lipinski definition) is 2. The average Bonchev–Trinajstić information content (AvgIpc) is 2.67. The van der Waals surface area contributed by atoms with Crippen molar-refractivity contribution in [3.05, 3.63) is 0 Å². The molecule has 0 radical (unpaired) electrons. The van der Waals surface area contributed by atoms with Gasteiger partial charge < -0.3 is 4.90 Å². The van der Waals surface area contributed by atoms with Gasteiger partial charge in [0.15, 0.2) is 0 Å². The maximum absolute atomic E-state index is 12.6. The van der Waals surface area contributed by atoms with Crippen LogP contribution in [0.2, 0.25) is 0 Å². The largest absolute Gasteiger partial charge is 0.323 e. The molecule has 1 fully saturated rings. The standard InChI is InChI=1S/C16H32N2O/c1-6-9-14-16(19)18(15(17-14)10-7-2)13(5)11-12(4)8-3/h12-15,17H,6-11H2,1-5H3. The molecule has 0 bridgehead atoms. The van der Waals surface area contributed by atoms with Crippen molar-refractivity contribution in [2.75, 3.05) is 0 Å². The predicted octanol–water partition coefficient (Wildman–Crippen LogP) is 3.54. The molecule has 0 spiro atoms. The highest BCUT2D eigenvalue weighted by atomic mass is 16.2. The van der Waals surface area contributed by atoms with Crippen LogP contribution in [0.4, 0.5) is 0 Å². The van der Waals surface area contributed by atoms with Crippen LogP contribution in [0, 0.1) is 5.92 Å². The van der Waals surface area contributed by atoms with Gasteiger partial charge in [-0.15, -0.1) is 0 Å². The minimum atomic E-state index is 0.0564. The van der Waals surface area contributed by atoms with Crippen molar-refractivity contribution in [1.82, 2.24) is 10.2 Å². The van der Waals surface area contributed by atoms with Gasteiger partial charge in [0.2, 0.25) is 5.91 Å². The Morgan fingerprint density at radius 1 is 1.16 bits per heavy atom. The fourth-order valence-corrected chi connectivity index (χ4v) is 3.10. The van der Waals surface area contributed by atoms with Crippen molar-refractivity contribution in [3.63, 3.8) is 0 Å². The van der Waals surface area contributed by atoms with Crippen molar-refractivity contribution in [1.29, 1.82) is 0 Å². The van der Waals surface area contributed by atoms with E-state index in [0.29, 0.717) is 17.9 Å². The summed E-state index contributed by atoms with van der Waals surface area (Å²) in [4.78, 5) is 14.7. The van der Waals surface area contributed by atoms with Crippen LogP contribution in [0.3, 0.4) is 0 Å². The van der Waals surface area contributed by atoms with E-state index in [4.69, 9.17) is 0 Å². The van der Waals surface area contributed by atoms with Gasteiger partial charge in [0.25, 0.3) is 0 Å². The molecule has 3 nitrogen and oxygen atoms in total. The van der Waals surface area contributed by atoms with Gasteiger partial charge in [-0.3, -0.25) is 10.1 Å². The summed E-state index contributed by atoms with van der Waals surface area (Å²) in [6.07, 6.45) is 6.78. The van der Waals surface area contributed by atoms with Crippen molar-refractivity contribution >= 4 is 5.91 Å². The molecule has 1 aliphatic rings. The van der Waals surface area contributed by atoms with E-state index in [-0.39, 0.29) is 12.2 Å². The van der Waals surface area contributed by atoms with Crippen LogP contribution >= 0.6 is 0 Å². The highest BCUT2D eigenvalue weighted by Crippen LogP contribution is 2.24. The third kappa shape index (κ3) is 4.20. The molecule has 1 heterocycles. The molecule has 1 rings (SSSR count). The van der Waals surface area contributed by atoms with E-state index in [2.05, 4.69) is 44.8 Å². The molecular formula is C16H32N2O. The molecule has 4 unspecified atom stereocenters. The normalized spacial score (nSPS) is 26.8. The molecule has 3 heteroatoms. The number of rotatable bonds is 8. The van der Waals surface area contributed by atoms with Crippen LogP contribution in [0.1, 0.15) is 73.1 Å².